The van der Waals surface area contributed by atoms with Crippen molar-refractivity contribution in [2.24, 2.45) is 5.73 Å². The first-order valence-electron chi connectivity index (χ1n) is 7.94. The van der Waals surface area contributed by atoms with Gasteiger partial charge in [0.1, 0.15) is 0 Å². The molecule has 0 aliphatic carbocycles. The lowest BCUT2D eigenvalue weighted by Gasteiger charge is -2.22. The number of rotatable bonds is 3. The molecule has 3 heteroatoms. The monoisotopic (exact) mass is 294 g/mol. The summed E-state index contributed by atoms with van der Waals surface area (Å²) >= 11 is 0. The van der Waals surface area contributed by atoms with Crippen LogP contribution < -0.4 is 10.6 Å². The van der Waals surface area contributed by atoms with E-state index >= 15 is 0 Å². The number of anilines is 1. The van der Waals surface area contributed by atoms with Crippen molar-refractivity contribution in [1.82, 2.24) is 0 Å². The van der Waals surface area contributed by atoms with Gasteiger partial charge in [0.25, 0.3) is 0 Å². The van der Waals surface area contributed by atoms with Gasteiger partial charge in [-0.2, -0.15) is 0 Å². The largest absolute Gasteiger partial charge is 0.320 e. The minimum absolute atomic E-state index is 0.125. The van der Waals surface area contributed by atoms with E-state index in [-0.39, 0.29) is 11.9 Å². The van der Waals surface area contributed by atoms with E-state index in [1.165, 1.54) is 5.56 Å². The number of amides is 1. The lowest BCUT2D eigenvalue weighted by molar-refractivity contribution is -0.118. The van der Waals surface area contributed by atoms with Crippen molar-refractivity contribution in [3.63, 3.8) is 0 Å². The van der Waals surface area contributed by atoms with Gasteiger partial charge in [0, 0.05) is 18.7 Å². The number of nitrogens with zero attached hydrogens (tertiary/aromatic N) is 1. The molecule has 1 aliphatic heterocycles. The third-order valence-corrected chi connectivity index (χ3v) is 4.37. The van der Waals surface area contributed by atoms with Crippen molar-refractivity contribution in [1.29, 1.82) is 0 Å². The topological polar surface area (TPSA) is 46.3 Å². The molecule has 0 saturated heterocycles. The number of nitrogens with two attached hydrogens (primary N) is 1. The first-order valence-corrected chi connectivity index (χ1v) is 7.94. The lowest BCUT2D eigenvalue weighted by Crippen LogP contribution is -2.29. The molecule has 1 unspecified atom stereocenters. The molecule has 2 N–H and O–H groups in total. The predicted octanol–water partition coefficient (Wildman–Crippen LogP) is 3.42. The molecule has 114 valence electrons. The summed E-state index contributed by atoms with van der Waals surface area (Å²) in [4.78, 5) is 14.0. The number of benzene rings is 2. The summed E-state index contributed by atoms with van der Waals surface area (Å²) in [6, 6.07) is 16.3. The van der Waals surface area contributed by atoms with Crippen molar-refractivity contribution in [3.8, 4) is 0 Å². The highest BCUT2D eigenvalue weighted by atomic mass is 16.2. The second-order valence-corrected chi connectivity index (χ2v) is 5.77. The quantitative estimate of drug-likeness (QED) is 0.942. The second-order valence-electron chi connectivity index (χ2n) is 5.77. The molecule has 2 aromatic rings. The summed E-state index contributed by atoms with van der Waals surface area (Å²) in [5.41, 5.74) is 10.9. The number of aryl methyl sites for hydroxylation is 1. The zero-order chi connectivity index (χ0) is 15.5. The maximum Gasteiger partial charge on any atom is 0.226 e. The molecule has 0 radical (unpaired) electrons. The molecule has 0 spiro atoms. The smallest absolute Gasteiger partial charge is 0.226 e. The zero-order valence-corrected chi connectivity index (χ0v) is 13.0. The van der Waals surface area contributed by atoms with Crippen LogP contribution in [0.1, 0.15) is 42.5 Å². The van der Waals surface area contributed by atoms with Crippen molar-refractivity contribution in [2.75, 3.05) is 11.4 Å². The fourth-order valence-corrected chi connectivity index (χ4v) is 3.16. The number of hydrogen-bond acceptors (Lipinski definition) is 2. The summed E-state index contributed by atoms with van der Waals surface area (Å²) < 4.78 is 0. The first-order chi connectivity index (χ1) is 10.7. The third kappa shape index (κ3) is 2.77. The molecule has 0 fully saturated rings. The Morgan fingerprint density at radius 1 is 1.09 bits per heavy atom. The minimum Gasteiger partial charge on any atom is -0.320 e. The molecular formula is C19H22N2O. The van der Waals surface area contributed by atoms with Crippen LogP contribution in [0.5, 0.6) is 0 Å². The van der Waals surface area contributed by atoms with Crippen LogP contribution in [0.2, 0.25) is 0 Å². The van der Waals surface area contributed by atoms with Gasteiger partial charge in [-0.15, -0.1) is 0 Å². The van der Waals surface area contributed by atoms with Crippen LogP contribution in [0.3, 0.4) is 0 Å². The van der Waals surface area contributed by atoms with Crippen molar-refractivity contribution < 1.29 is 4.79 Å². The number of carbonyl (C=O) groups is 1. The average Bonchev–Trinajstić information content (AvgIpc) is 2.72. The van der Waals surface area contributed by atoms with Crippen LogP contribution in [0.4, 0.5) is 5.69 Å². The highest BCUT2D eigenvalue weighted by molar-refractivity contribution is 5.94. The molecule has 1 heterocycles. The SMILES string of the molecule is CCN1C(=O)CCCc2cc(C(N)c3ccccc3)ccc21. The van der Waals surface area contributed by atoms with Crippen molar-refractivity contribution in [3.05, 3.63) is 65.2 Å². The van der Waals surface area contributed by atoms with E-state index in [2.05, 4.69) is 30.3 Å². The Balaban J connectivity index is 1.97. The van der Waals surface area contributed by atoms with Crippen molar-refractivity contribution in [2.45, 2.75) is 32.2 Å². The molecule has 1 aliphatic rings. The van der Waals surface area contributed by atoms with Gasteiger partial charge in [-0.05, 0) is 42.5 Å². The molecule has 0 aromatic heterocycles. The lowest BCUT2D eigenvalue weighted by atomic mass is 9.96. The molecule has 3 rings (SSSR count). The molecule has 3 nitrogen and oxygen atoms in total. The van der Waals surface area contributed by atoms with E-state index in [0.29, 0.717) is 6.42 Å². The second kappa shape index (κ2) is 6.32. The zero-order valence-electron chi connectivity index (χ0n) is 13.0. The summed E-state index contributed by atoms with van der Waals surface area (Å²) in [5, 5.41) is 0. The Hall–Kier alpha value is -2.13. The molecule has 0 bridgehead atoms. The van der Waals surface area contributed by atoms with Gasteiger partial charge in [0.15, 0.2) is 0 Å². The number of carbonyl (C=O) groups excluding carboxylic acids is 1. The van der Waals surface area contributed by atoms with Crippen molar-refractivity contribution >= 4 is 11.6 Å². The highest BCUT2D eigenvalue weighted by Crippen LogP contribution is 2.30. The summed E-state index contributed by atoms with van der Waals surface area (Å²) in [6.45, 7) is 2.74. The Bertz CT molecular complexity index is 666. The molecular weight excluding hydrogens is 272 g/mol. The van der Waals surface area contributed by atoms with Gasteiger partial charge in [0.05, 0.1) is 6.04 Å². The molecule has 1 amide bonds. The Labute approximate surface area is 131 Å². The van der Waals surface area contributed by atoms with Crippen LogP contribution in [0.15, 0.2) is 48.5 Å². The highest BCUT2D eigenvalue weighted by Gasteiger charge is 2.21. The fraction of sp³-hybridized carbons (Fsp3) is 0.316. The first kappa shape index (κ1) is 14.8. The van der Waals surface area contributed by atoms with Gasteiger partial charge in [-0.1, -0.05) is 42.5 Å². The van der Waals surface area contributed by atoms with Crippen LogP contribution in [0.25, 0.3) is 0 Å². The van der Waals surface area contributed by atoms with Gasteiger partial charge in [-0.25, -0.2) is 0 Å². The minimum atomic E-state index is -0.125. The van der Waals surface area contributed by atoms with Gasteiger partial charge >= 0.3 is 0 Å². The summed E-state index contributed by atoms with van der Waals surface area (Å²) in [7, 11) is 0. The van der Waals surface area contributed by atoms with Crippen LogP contribution in [-0.2, 0) is 11.2 Å². The van der Waals surface area contributed by atoms with Crippen LogP contribution >= 0.6 is 0 Å². The van der Waals surface area contributed by atoms with Crippen LogP contribution in [-0.4, -0.2) is 12.5 Å². The predicted molar refractivity (Wildman–Crippen MR) is 89.9 cm³/mol. The average molecular weight is 294 g/mol. The van der Waals surface area contributed by atoms with E-state index in [4.69, 9.17) is 5.73 Å². The van der Waals surface area contributed by atoms with Gasteiger partial charge in [0.2, 0.25) is 5.91 Å². The Morgan fingerprint density at radius 3 is 2.59 bits per heavy atom. The van der Waals surface area contributed by atoms with E-state index in [0.717, 1.165) is 36.2 Å². The molecule has 22 heavy (non-hydrogen) atoms. The molecule has 0 saturated carbocycles. The summed E-state index contributed by atoms with van der Waals surface area (Å²) in [6.07, 6.45) is 2.47. The normalized spacial score (nSPS) is 16.1. The summed E-state index contributed by atoms with van der Waals surface area (Å²) in [5.74, 6) is 0.223. The van der Waals surface area contributed by atoms with E-state index < -0.39 is 0 Å². The molecule has 1 atom stereocenters. The van der Waals surface area contributed by atoms with E-state index in [1.54, 1.807) is 0 Å². The Morgan fingerprint density at radius 2 is 1.86 bits per heavy atom. The maximum atomic E-state index is 12.1. The number of fused-ring (bicyclic) bond motifs is 1. The standard InChI is InChI=1S/C19H22N2O/c1-2-21-17-12-11-16(13-15(17)9-6-10-18(21)22)19(20)14-7-4-3-5-8-14/h3-5,7-8,11-13,19H,2,6,9-10,20H2,1H3. The molecule has 2 aromatic carbocycles. The van der Waals surface area contributed by atoms with Crippen LogP contribution in [0, 0.1) is 0 Å². The van der Waals surface area contributed by atoms with E-state index in [1.807, 2.05) is 30.0 Å². The number of hydrogen-bond donors (Lipinski definition) is 1. The maximum absolute atomic E-state index is 12.1. The third-order valence-electron chi connectivity index (χ3n) is 4.37. The fourth-order valence-electron chi connectivity index (χ4n) is 3.16. The van der Waals surface area contributed by atoms with E-state index in [9.17, 15) is 4.79 Å². The van der Waals surface area contributed by atoms with Gasteiger partial charge < -0.3 is 10.6 Å². The van der Waals surface area contributed by atoms with Gasteiger partial charge in [-0.3, -0.25) is 4.79 Å². The Kier molecular flexibility index (Phi) is 4.25.